The van der Waals surface area contributed by atoms with Crippen LogP contribution in [0, 0.1) is 6.92 Å². The van der Waals surface area contributed by atoms with Crippen molar-refractivity contribution in [3.05, 3.63) is 36.4 Å². The lowest BCUT2D eigenvalue weighted by Crippen LogP contribution is -2.23. The van der Waals surface area contributed by atoms with Crippen molar-refractivity contribution in [3.63, 3.8) is 0 Å². The molecule has 0 saturated carbocycles. The number of anilines is 2. The van der Waals surface area contributed by atoms with Gasteiger partial charge in [0.2, 0.25) is 0 Å². The molecule has 1 atom stereocenters. The van der Waals surface area contributed by atoms with Gasteiger partial charge in [0.25, 0.3) is 0 Å². The number of hydrogen-bond donors (Lipinski definition) is 2. The second-order valence-corrected chi connectivity index (χ2v) is 5.90. The van der Waals surface area contributed by atoms with Gasteiger partial charge in [0.15, 0.2) is 11.5 Å². The van der Waals surface area contributed by atoms with Gasteiger partial charge in [-0.15, -0.1) is 0 Å². The van der Waals surface area contributed by atoms with Crippen LogP contribution in [0.15, 0.2) is 30.9 Å². The van der Waals surface area contributed by atoms with E-state index in [1.165, 1.54) is 0 Å². The lowest BCUT2D eigenvalue weighted by atomic mass is 10.1. The molecule has 7 nitrogen and oxygen atoms in total. The van der Waals surface area contributed by atoms with Gasteiger partial charge < -0.3 is 15.7 Å². The summed E-state index contributed by atoms with van der Waals surface area (Å²) < 4.78 is 2.01. The summed E-state index contributed by atoms with van der Waals surface area (Å²) in [6.07, 6.45) is 7.72. The number of nitrogen functional groups attached to an aromatic ring is 1. The number of fused-ring (bicyclic) bond motifs is 1. The fraction of sp³-hybridized carbons (Fsp3) is 0.312. The summed E-state index contributed by atoms with van der Waals surface area (Å²) in [5, 5.41) is 9.76. The molecule has 3 N–H and O–H groups in total. The van der Waals surface area contributed by atoms with Crippen molar-refractivity contribution in [3.8, 4) is 11.3 Å². The third kappa shape index (κ3) is 2.29. The van der Waals surface area contributed by atoms with E-state index in [0.717, 1.165) is 41.3 Å². The zero-order valence-electron chi connectivity index (χ0n) is 12.8. The number of aliphatic hydroxyl groups is 1. The van der Waals surface area contributed by atoms with Gasteiger partial charge in [0.05, 0.1) is 18.0 Å². The van der Waals surface area contributed by atoms with E-state index in [-0.39, 0.29) is 6.10 Å². The summed E-state index contributed by atoms with van der Waals surface area (Å²) >= 11 is 0. The van der Waals surface area contributed by atoms with Crippen LogP contribution in [0.4, 0.5) is 11.6 Å². The predicted octanol–water partition coefficient (Wildman–Crippen LogP) is 1.25. The van der Waals surface area contributed by atoms with Gasteiger partial charge >= 0.3 is 0 Å². The van der Waals surface area contributed by atoms with Crippen molar-refractivity contribution in [2.45, 2.75) is 19.4 Å². The topological polar surface area (TPSA) is 92.6 Å². The lowest BCUT2D eigenvalue weighted by Gasteiger charge is -2.17. The minimum absolute atomic E-state index is 0.296. The van der Waals surface area contributed by atoms with Gasteiger partial charge in [-0.2, -0.15) is 0 Å². The molecule has 1 aliphatic heterocycles. The molecule has 1 aliphatic rings. The highest BCUT2D eigenvalue weighted by molar-refractivity contribution is 5.73. The van der Waals surface area contributed by atoms with Gasteiger partial charge in [-0.05, 0) is 25.0 Å². The van der Waals surface area contributed by atoms with Gasteiger partial charge in [0.1, 0.15) is 5.82 Å². The molecular formula is C16H18N6O. The van der Waals surface area contributed by atoms with E-state index < -0.39 is 0 Å². The largest absolute Gasteiger partial charge is 0.391 e. The van der Waals surface area contributed by atoms with Crippen LogP contribution >= 0.6 is 0 Å². The van der Waals surface area contributed by atoms with Crippen LogP contribution in [-0.4, -0.2) is 43.7 Å². The number of hydrogen-bond acceptors (Lipinski definition) is 6. The second-order valence-electron chi connectivity index (χ2n) is 5.90. The maximum atomic E-state index is 9.76. The van der Waals surface area contributed by atoms with E-state index in [1.807, 2.05) is 29.8 Å². The Balaban J connectivity index is 1.84. The Bertz CT molecular complexity index is 874. The average molecular weight is 310 g/mol. The Morgan fingerprint density at radius 1 is 1.26 bits per heavy atom. The summed E-state index contributed by atoms with van der Waals surface area (Å²) in [4.78, 5) is 15.3. The normalized spacial score (nSPS) is 18.0. The molecular weight excluding hydrogens is 292 g/mol. The highest BCUT2D eigenvalue weighted by Crippen LogP contribution is 2.28. The molecule has 0 aromatic carbocycles. The van der Waals surface area contributed by atoms with Crippen LogP contribution in [0.1, 0.15) is 12.0 Å². The number of aromatic nitrogens is 4. The third-order valence-electron chi connectivity index (χ3n) is 4.28. The number of aryl methyl sites for hydroxylation is 1. The lowest BCUT2D eigenvalue weighted by molar-refractivity contribution is 0.198. The van der Waals surface area contributed by atoms with Crippen LogP contribution in [-0.2, 0) is 0 Å². The molecule has 0 bridgehead atoms. The number of pyridine rings is 1. The van der Waals surface area contributed by atoms with Crippen LogP contribution in [0.5, 0.6) is 0 Å². The first kappa shape index (κ1) is 14.0. The monoisotopic (exact) mass is 310 g/mol. The zero-order valence-corrected chi connectivity index (χ0v) is 12.8. The van der Waals surface area contributed by atoms with Gasteiger partial charge in [-0.3, -0.25) is 4.40 Å². The van der Waals surface area contributed by atoms with E-state index >= 15 is 0 Å². The first-order chi connectivity index (χ1) is 11.1. The first-order valence-electron chi connectivity index (χ1n) is 7.61. The number of nitrogens with two attached hydrogens (primary N) is 1. The minimum atomic E-state index is -0.296. The predicted molar refractivity (Wildman–Crippen MR) is 88.2 cm³/mol. The molecule has 0 aliphatic carbocycles. The molecule has 0 spiro atoms. The van der Waals surface area contributed by atoms with Crippen molar-refractivity contribution < 1.29 is 5.11 Å². The molecule has 0 amide bonds. The Labute approximate surface area is 133 Å². The molecule has 7 heteroatoms. The van der Waals surface area contributed by atoms with E-state index in [0.29, 0.717) is 12.4 Å². The fourth-order valence-corrected chi connectivity index (χ4v) is 3.11. The van der Waals surface area contributed by atoms with Crippen LogP contribution in [0.3, 0.4) is 0 Å². The maximum absolute atomic E-state index is 9.76. The van der Waals surface area contributed by atoms with Gasteiger partial charge in [-0.1, -0.05) is 0 Å². The molecule has 1 saturated heterocycles. The third-order valence-corrected chi connectivity index (χ3v) is 4.28. The first-order valence-corrected chi connectivity index (χ1v) is 7.61. The molecule has 3 aromatic heterocycles. The summed E-state index contributed by atoms with van der Waals surface area (Å²) in [5.41, 5.74) is 9.52. The van der Waals surface area contributed by atoms with E-state index in [4.69, 9.17) is 5.73 Å². The number of aliphatic hydroxyl groups excluding tert-OH is 1. The molecule has 0 radical (unpaired) electrons. The fourth-order valence-electron chi connectivity index (χ4n) is 3.11. The average Bonchev–Trinajstić information content (AvgIpc) is 3.13. The van der Waals surface area contributed by atoms with Crippen molar-refractivity contribution in [1.29, 1.82) is 0 Å². The highest BCUT2D eigenvalue weighted by atomic mass is 16.3. The quantitative estimate of drug-likeness (QED) is 0.740. The number of imidazole rings is 1. The standard InChI is InChI=1S/C16H18N6O/c1-10-6-14(17)19-7-12(10)13-8-20-16-15(18-3-5-22(13)16)21-4-2-11(23)9-21/h3,5-8,11,23H,2,4,9H2,1H3,(H2,17,19). The Morgan fingerprint density at radius 2 is 2.13 bits per heavy atom. The van der Waals surface area contributed by atoms with Crippen molar-refractivity contribution >= 4 is 17.3 Å². The molecule has 118 valence electrons. The molecule has 1 unspecified atom stereocenters. The zero-order chi connectivity index (χ0) is 16.0. The van der Waals surface area contributed by atoms with Crippen LogP contribution in [0.2, 0.25) is 0 Å². The van der Waals surface area contributed by atoms with Crippen LogP contribution < -0.4 is 10.6 Å². The number of rotatable bonds is 2. The van der Waals surface area contributed by atoms with Gasteiger partial charge in [-0.25, -0.2) is 15.0 Å². The smallest absolute Gasteiger partial charge is 0.180 e. The van der Waals surface area contributed by atoms with E-state index in [9.17, 15) is 5.11 Å². The summed E-state index contributed by atoms with van der Waals surface area (Å²) in [6, 6.07) is 1.85. The van der Waals surface area contributed by atoms with Crippen LogP contribution in [0.25, 0.3) is 16.9 Å². The molecule has 4 rings (SSSR count). The van der Waals surface area contributed by atoms with E-state index in [2.05, 4.69) is 19.9 Å². The highest BCUT2D eigenvalue weighted by Gasteiger charge is 2.24. The summed E-state index contributed by atoms with van der Waals surface area (Å²) in [5.74, 6) is 1.31. The van der Waals surface area contributed by atoms with Gasteiger partial charge in [0, 0.05) is 37.2 Å². The minimum Gasteiger partial charge on any atom is -0.391 e. The number of β-amino-alcohol motifs (C(OH)–C–C–N with tert-alkyl or cyclic N) is 1. The SMILES string of the molecule is Cc1cc(N)ncc1-c1cnc2c(N3CCC(O)C3)nccn12. The molecule has 1 fully saturated rings. The van der Waals surface area contributed by atoms with Crippen molar-refractivity contribution in [2.24, 2.45) is 0 Å². The number of nitrogens with zero attached hydrogens (tertiary/aromatic N) is 5. The Morgan fingerprint density at radius 3 is 2.87 bits per heavy atom. The van der Waals surface area contributed by atoms with Crippen molar-refractivity contribution in [1.82, 2.24) is 19.4 Å². The molecule has 4 heterocycles. The molecule has 23 heavy (non-hydrogen) atoms. The molecule has 3 aromatic rings. The maximum Gasteiger partial charge on any atom is 0.180 e. The van der Waals surface area contributed by atoms with E-state index in [1.54, 1.807) is 12.4 Å². The second kappa shape index (κ2) is 5.20. The van der Waals surface area contributed by atoms with Crippen molar-refractivity contribution in [2.75, 3.05) is 23.7 Å². The summed E-state index contributed by atoms with van der Waals surface area (Å²) in [7, 11) is 0. The Kier molecular flexibility index (Phi) is 3.16. The Hall–Kier alpha value is -2.67. The summed E-state index contributed by atoms with van der Waals surface area (Å²) in [6.45, 7) is 3.39.